The van der Waals surface area contributed by atoms with Gasteiger partial charge in [0.25, 0.3) is 11.5 Å². The van der Waals surface area contributed by atoms with Gasteiger partial charge in [-0.2, -0.15) is 5.10 Å². The summed E-state index contributed by atoms with van der Waals surface area (Å²) in [5.74, 6) is 0.0228. The largest absolute Gasteiger partial charge is 0.333 e. The average molecular weight is 318 g/mol. The monoisotopic (exact) mass is 318 g/mol. The van der Waals surface area contributed by atoms with Crippen molar-refractivity contribution in [3.8, 4) is 0 Å². The van der Waals surface area contributed by atoms with Crippen LogP contribution >= 0.6 is 11.3 Å². The van der Waals surface area contributed by atoms with Crippen LogP contribution in [0, 0.1) is 13.8 Å². The molecule has 3 rings (SSSR count). The van der Waals surface area contributed by atoms with Gasteiger partial charge in [0.15, 0.2) is 0 Å². The summed E-state index contributed by atoms with van der Waals surface area (Å²) in [5.41, 5.74) is 0.653. The maximum absolute atomic E-state index is 12.8. The molecule has 0 spiro atoms. The number of nitrogens with zero attached hydrogens (tertiary/aromatic N) is 4. The number of carbonyl (C=O) groups is 1. The van der Waals surface area contributed by atoms with Crippen molar-refractivity contribution in [1.29, 1.82) is 0 Å². The minimum Gasteiger partial charge on any atom is -0.333 e. The molecule has 2 aromatic rings. The zero-order valence-corrected chi connectivity index (χ0v) is 13.5. The van der Waals surface area contributed by atoms with E-state index >= 15 is 0 Å². The van der Waals surface area contributed by atoms with Crippen molar-refractivity contribution in [2.75, 3.05) is 6.54 Å². The molecule has 1 aliphatic heterocycles. The van der Waals surface area contributed by atoms with Crippen molar-refractivity contribution in [3.05, 3.63) is 44.3 Å². The molecular weight excluding hydrogens is 300 g/mol. The van der Waals surface area contributed by atoms with Gasteiger partial charge in [-0.15, -0.1) is 11.3 Å². The number of amides is 1. The predicted molar refractivity (Wildman–Crippen MR) is 84.1 cm³/mol. The topological polar surface area (TPSA) is 68.1 Å². The molecule has 0 saturated carbocycles. The number of thiazole rings is 1. The maximum atomic E-state index is 12.8. The van der Waals surface area contributed by atoms with Crippen LogP contribution in [-0.2, 0) is 6.54 Å². The third kappa shape index (κ3) is 2.81. The number of carbonyl (C=O) groups excluding carboxylic acids is 1. The van der Waals surface area contributed by atoms with E-state index in [4.69, 9.17) is 0 Å². The second-order valence-corrected chi connectivity index (χ2v) is 6.69. The van der Waals surface area contributed by atoms with Crippen LogP contribution in [0.15, 0.2) is 23.1 Å². The molecule has 116 valence electrons. The zero-order valence-electron chi connectivity index (χ0n) is 12.7. The van der Waals surface area contributed by atoms with Gasteiger partial charge in [0, 0.05) is 18.8 Å². The molecule has 1 fully saturated rings. The van der Waals surface area contributed by atoms with E-state index < -0.39 is 0 Å². The number of aryl methyl sites for hydroxylation is 2. The van der Waals surface area contributed by atoms with Gasteiger partial charge in [0.05, 0.1) is 23.3 Å². The summed E-state index contributed by atoms with van der Waals surface area (Å²) in [4.78, 5) is 31.5. The van der Waals surface area contributed by atoms with E-state index in [1.54, 1.807) is 12.3 Å². The highest BCUT2D eigenvalue weighted by Gasteiger charge is 2.31. The van der Waals surface area contributed by atoms with Crippen LogP contribution in [0.1, 0.15) is 33.2 Å². The standard InChI is InChI=1S/C15H18N4O2S/c1-10-14(22-11(2)17-10)15(21)18-8-4-5-12(18)9-19-13(20)6-3-7-16-19/h3,6-7,12H,4-5,8-9H2,1-2H3. The molecule has 6 nitrogen and oxygen atoms in total. The smallest absolute Gasteiger partial charge is 0.266 e. The highest BCUT2D eigenvalue weighted by Crippen LogP contribution is 2.25. The molecule has 1 aliphatic rings. The van der Waals surface area contributed by atoms with Crippen LogP contribution in [0.5, 0.6) is 0 Å². The lowest BCUT2D eigenvalue weighted by Gasteiger charge is -2.24. The van der Waals surface area contributed by atoms with Gasteiger partial charge in [0.2, 0.25) is 0 Å². The normalized spacial score (nSPS) is 17.9. The maximum Gasteiger partial charge on any atom is 0.266 e. The van der Waals surface area contributed by atoms with E-state index in [1.165, 1.54) is 22.1 Å². The van der Waals surface area contributed by atoms with Crippen LogP contribution in [0.2, 0.25) is 0 Å². The Kier molecular flexibility index (Phi) is 4.06. The predicted octanol–water partition coefficient (Wildman–Crippen LogP) is 1.62. The zero-order chi connectivity index (χ0) is 15.7. The SMILES string of the molecule is Cc1nc(C)c(C(=O)N2CCCC2Cn2ncccc2=O)s1. The Hall–Kier alpha value is -2.02. The van der Waals surface area contributed by atoms with E-state index in [2.05, 4.69) is 10.1 Å². The molecule has 1 saturated heterocycles. The highest BCUT2D eigenvalue weighted by atomic mass is 32.1. The Morgan fingerprint density at radius 3 is 2.95 bits per heavy atom. The molecule has 0 bridgehead atoms. The number of hydrogen-bond donors (Lipinski definition) is 0. The molecule has 0 N–H and O–H groups in total. The Morgan fingerprint density at radius 2 is 2.27 bits per heavy atom. The highest BCUT2D eigenvalue weighted by molar-refractivity contribution is 7.13. The number of hydrogen-bond acceptors (Lipinski definition) is 5. The number of likely N-dealkylation sites (tertiary alicyclic amines) is 1. The van der Waals surface area contributed by atoms with Crippen molar-refractivity contribution < 1.29 is 4.79 Å². The first-order valence-electron chi connectivity index (χ1n) is 7.33. The number of aromatic nitrogens is 3. The van der Waals surface area contributed by atoms with E-state index in [9.17, 15) is 9.59 Å². The molecule has 1 unspecified atom stereocenters. The third-order valence-electron chi connectivity index (χ3n) is 3.90. The lowest BCUT2D eigenvalue weighted by molar-refractivity contribution is 0.0724. The summed E-state index contributed by atoms with van der Waals surface area (Å²) < 4.78 is 1.43. The molecule has 0 aromatic carbocycles. The lowest BCUT2D eigenvalue weighted by Crippen LogP contribution is -2.40. The fourth-order valence-electron chi connectivity index (χ4n) is 2.88. The fourth-order valence-corrected chi connectivity index (χ4v) is 3.75. The van der Waals surface area contributed by atoms with Crippen LogP contribution in [0.3, 0.4) is 0 Å². The van der Waals surface area contributed by atoms with E-state index in [-0.39, 0.29) is 17.5 Å². The molecule has 3 heterocycles. The summed E-state index contributed by atoms with van der Waals surface area (Å²) in [6, 6.07) is 3.13. The lowest BCUT2D eigenvalue weighted by atomic mass is 10.2. The minimum atomic E-state index is -0.133. The molecule has 0 aliphatic carbocycles. The van der Waals surface area contributed by atoms with Crippen LogP contribution in [0.25, 0.3) is 0 Å². The van der Waals surface area contributed by atoms with Gasteiger partial charge in [-0.25, -0.2) is 9.67 Å². The first-order valence-corrected chi connectivity index (χ1v) is 8.15. The van der Waals surface area contributed by atoms with Gasteiger partial charge in [-0.05, 0) is 32.8 Å². The molecule has 1 amide bonds. The summed E-state index contributed by atoms with van der Waals surface area (Å²) in [7, 11) is 0. The van der Waals surface area contributed by atoms with Crippen LogP contribution in [-0.4, -0.2) is 38.2 Å². The minimum absolute atomic E-state index is 0.0157. The first-order chi connectivity index (χ1) is 10.6. The Bertz CT molecular complexity index is 752. The number of rotatable bonds is 3. The molecule has 2 aromatic heterocycles. The van der Waals surface area contributed by atoms with Crippen molar-refractivity contribution in [3.63, 3.8) is 0 Å². The van der Waals surface area contributed by atoms with E-state index in [0.29, 0.717) is 11.4 Å². The molecule has 0 radical (unpaired) electrons. The van der Waals surface area contributed by atoms with Crippen molar-refractivity contribution in [2.24, 2.45) is 0 Å². The van der Waals surface area contributed by atoms with Gasteiger partial charge >= 0.3 is 0 Å². The molecule has 22 heavy (non-hydrogen) atoms. The Balaban J connectivity index is 1.81. The fraction of sp³-hybridized carbons (Fsp3) is 0.467. The summed E-state index contributed by atoms with van der Waals surface area (Å²) in [5, 5.41) is 4.99. The van der Waals surface area contributed by atoms with Crippen molar-refractivity contribution in [1.82, 2.24) is 19.7 Å². The summed E-state index contributed by atoms with van der Waals surface area (Å²) in [6.45, 7) is 4.94. The third-order valence-corrected chi connectivity index (χ3v) is 4.97. The van der Waals surface area contributed by atoms with Crippen LogP contribution < -0.4 is 5.56 Å². The molecule has 7 heteroatoms. The van der Waals surface area contributed by atoms with Gasteiger partial charge in [-0.3, -0.25) is 9.59 Å². The Labute approximate surface area is 132 Å². The average Bonchev–Trinajstić information content (AvgIpc) is 3.07. The van der Waals surface area contributed by atoms with Crippen LogP contribution in [0.4, 0.5) is 0 Å². The Morgan fingerprint density at radius 1 is 1.45 bits per heavy atom. The van der Waals surface area contributed by atoms with Crippen molar-refractivity contribution in [2.45, 2.75) is 39.3 Å². The van der Waals surface area contributed by atoms with Gasteiger partial charge in [-0.1, -0.05) is 0 Å². The van der Waals surface area contributed by atoms with Gasteiger partial charge < -0.3 is 4.90 Å². The summed E-state index contributed by atoms with van der Waals surface area (Å²) in [6.07, 6.45) is 3.44. The molecule has 1 atom stereocenters. The second kappa shape index (κ2) is 6.00. The van der Waals surface area contributed by atoms with E-state index in [0.717, 1.165) is 30.1 Å². The first kappa shape index (κ1) is 14.9. The summed E-state index contributed by atoms with van der Waals surface area (Å²) >= 11 is 1.43. The van der Waals surface area contributed by atoms with E-state index in [1.807, 2.05) is 18.7 Å². The molecular formula is C15H18N4O2S. The second-order valence-electron chi connectivity index (χ2n) is 5.49. The van der Waals surface area contributed by atoms with Gasteiger partial charge in [0.1, 0.15) is 4.88 Å². The quantitative estimate of drug-likeness (QED) is 0.862. The van der Waals surface area contributed by atoms with Crippen molar-refractivity contribution >= 4 is 17.2 Å².